The first kappa shape index (κ1) is 12.9. The lowest BCUT2D eigenvalue weighted by Gasteiger charge is -2.25. The first-order valence-electron chi connectivity index (χ1n) is 6.82. The number of hydrogen-bond donors (Lipinski definition) is 1. The lowest BCUT2D eigenvalue weighted by atomic mass is 9.99. The van der Waals surface area contributed by atoms with Gasteiger partial charge in [-0.1, -0.05) is 24.3 Å². The number of nitrogens with zero attached hydrogens (tertiary/aromatic N) is 1. The molecule has 1 aliphatic rings. The number of carbonyl (C=O) groups is 1. The molecule has 0 radical (unpaired) electrons. The Labute approximate surface area is 118 Å². The molecule has 0 aliphatic carbocycles. The summed E-state index contributed by atoms with van der Waals surface area (Å²) in [6.07, 6.45) is 5.24. The summed E-state index contributed by atoms with van der Waals surface area (Å²) >= 11 is 0. The topological polar surface area (TPSA) is 45.3 Å². The van der Waals surface area contributed by atoms with Crippen LogP contribution in [0.15, 0.2) is 36.5 Å². The summed E-state index contributed by atoms with van der Waals surface area (Å²) in [5.41, 5.74) is 3.79. The summed E-state index contributed by atoms with van der Waals surface area (Å²) < 4.78 is 4.70. The summed E-state index contributed by atoms with van der Waals surface area (Å²) in [5.74, 6) is -0.172. The molecule has 2 heterocycles. The number of methoxy groups -OCH3 is 1. The Morgan fingerprint density at radius 2 is 2.25 bits per heavy atom. The van der Waals surface area contributed by atoms with Crippen LogP contribution in [-0.4, -0.2) is 42.6 Å². The molecule has 4 heteroatoms. The average molecular weight is 270 g/mol. The van der Waals surface area contributed by atoms with Crippen molar-refractivity contribution in [3.63, 3.8) is 0 Å². The third-order valence-electron chi connectivity index (χ3n) is 3.81. The lowest BCUT2D eigenvalue weighted by molar-refractivity contribution is -0.141. The maximum atomic E-state index is 11.3. The average Bonchev–Trinajstić information content (AvgIpc) is 2.92. The van der Waals surface area contributed by atoms with Gasteiger partial charge < -0.3 is 9.72 Å². The molecule has 2 aromatic rings. The normalized spacial score (nSPS) is 16.1. The van der Waals surface area contributed by atoms with Crippen molar-refractivity contribution in [2.45, 2.75) is 6.42 Å². The summed E-state index contributed by atoms with van der Waals surface area (Å²) in [6, 6.07) is 8.33. The molecule has 1 aromatic heterocycles. The SMILES string of the molecule is COC(=O)CN1CC=C(c2c[nH]c3ccccc23)CC1. The smallest absolute Gasteiger partial charge is 0.319 e. The van der Waals surface area contributed by atoms with Gasteiger partial charge >= 0.3 is 5.97 Å². The van der Waals surface area contributed by atoms with Crippen molar-refractivity contribution in [3.8, 4) is 0 Å². The van der Waals surface area contributed by atoms with Gasteiger partial charge in [-0.25, -0.2) is 0 Å². The highest BCUT2D eigenvalue weighted by molar-refractivity contribution is 5.92. The van der Waals surface area contributed by atoms with Gasteiger partial charge in [0, 0.05) is 35.8 Å². The number of nitrogens with one attached hydrogen (secondary N) is 1. The van der Waals surface area contributed by atoms with Crippen LogP contribution in [0.1, 0.15) is 12.0 Å². The molecule has 0 saturated carbocycles. The largest absolute Gasteiger partial charge is 0.468 e. The number of carbonyl (C=O) groups excluding carboxylic acids is 1. The Bertz CT molecular complexity index is 657. The monoisotopic (exact) mass is 270 g/mol. The van der Waals surface area contributed by atoms with Gasteiger partial charge in [-0.2, -0.15) is 0 Å². The van der Waals surface area contributed by atoms with Gasteiger partial charge in [-0.15, -0.1) is 0 Å². The molecule has 1 aromatic carbocycles. The molecule has 1 N–H and O–H groups in total. The third-order valence-corrected chi connectivity index (χ3v) is 3.81. The van der Waals surface area contributed by atoms with Crippen molar-refractivity contribution in [2.24, 2.45) is 0 Å². The van der Waals surface area contributed by atoms with E-state index in [4.69, 9.17) is 4.74 Å². The van der Waals surface area contributed by atoms with E-state index in [0.29, 0.717) is 6.54 Å². The fraction of sp³-hybridized carbons (Fsp3) is 0.312. The molecule has 4 nitrogen and oxygen atoms in total. The Hall–Kier alpha value is -2.07. The number of fused-ring (bicyclic) bond motifs is 1. The number of benzene rings is 1. The maximum absolute atomic E-state index is 11.3. The summed E-state index contributed by atoms with van der Waals surface area (Å²) in [4.78, 5) is 16.7. The minimum absolute atomic E-state index is 0.172. The van der Waals surface area contributed by atoms with Crippen molar-refractivity contribution in [1.29, 1.82) is 0 Å². The Morgan fingerprint density at radius 3 is 3.00 bits per heavy atom. The Balaban J connectivity index is 1.78. The fourth-order valence-corrected chi connectivity index (χ4v) is 2.68. The van der Waals surface area contributed by atoms with Crippen LogP contribution in [0.3, 0.4) is 0 Å². The van der Waals surface area contributed by atoms with Crippen LogP contribution < -0.4 is 0 Å². The van der Waals surface area contributed by atoms with Crippen LogP contribution in [0.5, 0.6) is 0 Å². The highest BCUT2D eigenvalue weighted by atomic mass is 16.5. The van der Waals surface area contributed by atoms with Crippen molar-refractivity contribution in [2.75, 3.05) is 26.7 Å². The van der Waals surface area contributed by atoms with Crippen LogP contribution in [0.4, 0.5) is 0 Å². The number of rotatable bonds is 3. The van der Waals surface area contributed by atoms with Crippen LogP contribution in [-0.2, 0) is 9.53 Å². The molecule has 0 saturated heterocycles. The second-order valence-corrected chi connectivity index (χ2v) is 5.04. The van der Waals surface area contributed by atoms with E-state index in [2.05, 4.69) is 40.4 Å². The van der Waals surface area contributed by atoms with Crippen molar-refractivity contribution in [1.82, 2.24) is 9.88 Å². The quantitative estimate of drug-likeness (QED) is 0.871. The van der Waals surface area contributed by atoms with Gasteiger partial charge in [-0.3, -0.25) is 9.69 Å². The van der Waals surface area contributed by atoms with Crippen LogP contribution in [0.25, 0.3) is 16.5 Å². The van der Waals surface area contributed by atoms with Gasteiger partial charge in [0.2, 0.25) is 0 Å². The van der Waals surface area contributed by atoms with Gasteiger partial charge in [0.25, 0.3) is 0 Å². The highest BCUT2D eigenvalue weighted by Gasteiger charge is 2.17. The summed E-state index contributed by atoms with van der Waals surface area (Å²) in [7, 11) is 1.43. The second kappa shape index (κ2) is 5.51. The molecule has 20 heavy (non-hydrogen) atoms. The number of aromatic nitrogens is 1. The maximum Gasteiger partial charge on any atom is 0.319 e. The highest BCUT2D eigenvalue weighted by Crippen LogP contribution is 2.28. The summed E-state index contributed by atoms with van der Waals surface area (Å²) in [6.45, 7) is 2.05. The Morgan fingerprint density at radius 1 is 1.40 bits per heavy atom. The van der Waals surface area contributed by atoms with E-state index >= 15 is 0 Å². The number of aromatic amines is 1. The second-order valence-electron chi connectivity index (χ2n) is 5.04. The third kappa shape index (κ3) is 2.47. The van der Waals surface area contributed by atoms with Crippen molar-refractivity contribution < 1.29 is 9.53 Å². The van der Waals surface area contributed by atoms with Crippen molar-refractivity contribution in [3.05, 3.63) is 42.1 Å². The predicted molar refractivity (Wildman–Crippen MR) is 79.3 cm³/mol. The van der Waals surface area contributed by atoms with E-state index < -0.39 is 0 Å². The number of esters is 1. The molecule has 0 amide bonds. The molecule has 0 unspecified atom stereocenters. The molecule has 3 rings (SSSR count). The van der Waals surface area contributed by atoms with E-state index in [1.807, 2.05) is 6.07 Å². The van der Waals surface area contributed by atoms with E-state index in [1.54, 1.807) is 0 Å². The first-order chi connectivity index (χ1) is 9.78. The van der Waals surface area contributed by atoms with E-state index in [9.17, 15) is 4.79 Å². The lowest BCUT2D eigenvalue weighted by Crippen LogP contribution is -2.34. The zero-order valence-electron chi connectivity index (χ0n) is 11.6. The van der Waals surface area contributed by atoms with Gasteiger partial charge in [0.1, 0.15) is 0 Å². The van der Waals surface area contributed by atoms with Gasteiger partial charge in [0.05, 0.1) is 13.7 Å². The van der Waals surface area contributed by atoms with E-state index in [-0.39, 0.29) is 5.97 Å². The standard InChI is InChI=1S/C16H18N2O2/c1-20-16(19)11-18-8-6-12(7-9-18)14-10-17-15-5-3-2-4-13(14)15/h2-6,10,17H,7-9,11H2,1H3. The Kier molecular flexibility index (Phi) is 3.56. The molecule has 0 bridgehead atoms. The number of hydrogen-bond acceptors (Lipinski definition) is 3. The van der Waals surface area contributed by atoms with Crippen LogP contribution >= 0.6 is 0 Å². The van der Waals surface area contributed by atoms with Gasteiger partial charge in [0.15, 0.2) is 0 Å². The number of ether oxygens (including phenoxy) is 1. The molecule has 1 aliphatic heterocycles. The fourth-order valence-electron chi connectivity index (χ4n) is 2.68. The van der Waals surface area contributed by atoms with E-state index in [1.165, 1.54) is 29.1 Å². The van der Waals surface area contributed by atoms with Crippen LogP contribution in [0.2, 0.25) is 0 Å². The van der Waals surface area contributed by atoms with Crippen LogP contribution in [0, 0.1) is 0 Å². The zero-order chi connectivity index (χ0) is 13.9. The van der Waals surface area contributed by atoms with Crippen molar-refractivity contribution >= 4 is 22.4 Å². The minimum Gasteiger partial charge on any atom is -0.468 e. The van der Waals surface area contributed by atoms with Gasteiger partial charge in [-0.05, 0) is 18.1 Å². The molecular formula is C16H18N2O2. The molecular weight excluding hydrogens is 252 g/mol. The molecule has 0 spiro atoms. The summed E-state index contributed by atoms with van der Waals surface area (Å²) in [5, 5.41) is 1.26. The molecule has 0 fully saturated rings. The molecule has 104 valence electrons. The molecule has 0 atom stereocenters. The number of para-hydroxylation sites is 1. The first-order valence-corrected chi connectivity index (χ1v) is 6.82. The number of H-pyrrole nitrogens is 1. The minimum atomic E-state index is -0.172. The predicted octanol–water partition coefficient (Wildman–Crippen LogP) is 2.43. The van der Waals surface area contributed by atoms with E-state index in [0.717, 1.165) is 19.5 Å². The zero-order valence-corrected chi connectivity index (χ0v) is 11.6.